The van der Waals surface area contributed by atoms with Crippen LogP contribution in [-0.4, -0.2) is 28.6 Å². The van der Waals surface area contributed by atoms with Gasteiger partial charge >= 0.3 is 0 Å². The molecular formula is C20H22N2O2S. The number of nitrogens with one attached hydrogen (secondary N) is 1. The van der Waals surface area contributed by atoms with E-state index in [9.17, 15) is 4.79 Å². The number of thioether (sulfide) groups is 1. The third-order valence-electron chi connectivity index (χ3n) is 4.10. The Balaban J connectivity index is 1.61. The first kappa shape index (κ1) is 17.5. The second-order valence-electron chi connectivity index (χ2n) is 5.94. The van der Waals surface area contributed by atoms with Gasteiger partial charge < -0.3 is 9.72 Å². The Morgan fingerprint density at radius 1 is 1.20 bits per heavy atom. The third kappa shape index (κ3) is 4.42. The number of carbonyl (C=O) groups is 1. The molecule has 0 amide bonds. The topological polar surface area (TPSA) is 55.0 Å². The maximum atomic E-state index is 12.4. The number of unbranched alkanes of at least 4 members (excludes halogenated alkanes) is 1. The number of hydrogen-bond donors (Lipinski definition) is 1. The Morgan fingerprint density at radius 2 is 2.00 bits per heavy atom. The molecule has 0 saturated carbocycles. The standard InChI is InChI=1S/C20H22N2O2S/c1-3-4-5-14-6-8-15(9-7-14)19(23)13-25-20-21-17-11-10-16(24-2)12-18(17)22-20/h6-12H,3-5,13H2,1-2H3,(H,21,22). The molecule has 3 aromatic rings. The Labute approximate surface area is 152 Å². The van der Waals surface area contributed by atoms with Crippen molar-refractivity contribution < 1.29 is 9.53 Å². The molecular weight excluding hydrogens is 332 g/mol. The third-order valence-corrected chi connectivity index (χ3v) is 4.98. The minimum atomic E-state index is 0.116. The minimum Gasteiger partial charge on any atom is -0.497 e. The largest absolute Gasteiger partial charge is 0.497 e. The number of imidazole rings is 1. The van der Waals surface area contributed by atoms with Crippen molar-refractivity contribution in [3.8, 4) is 5.75 Å². The van der Waals surface area contributed by atoms with Crippen LogP contribution in [0.15, 0.2) is 47.6 Å². The highest BCUT2D eigenvalue weighted by Crippen LogP contribution is 2.23. The lowest BCUT2D eigenvalue weighted by Gasteiger charge is -2.03. The van der Waals surface area contributed by atoms with E-state index >= 15 is 0 Å². The van der Waals surface area contributed by atoms with Gasteiger partial charge in [0.1, 0.15) is 5.75 Å². The number of carbonyl (C=O) groups excluding carboxylic acids is 1. The van der Waals surface area contributed by atoms with Crippen LogP contribution in [0.4, 0.5) is 0 Å². The average Bonchev–Trinajstić information content (AvgIpc) is 3.06. The number of Topliss-reactive ketones (excluding diaryl/α,β-unsaturated/α-hetero) is 1. The summed E-state index contributed by atoms with van der Waals surface area (Å²) in [7, 11) is 1.64. The van der Waals surface area contributed by atoms with Crippen molar-refractivity contribution in [2.45, 2.75) is 31.3 Å². The molecule has 0 aliphatic heterocycles. The van der Waals surface area contributed by atoms with Crippen molar-refractivity contribution in [3.63, 3.8) is 0 Å². The van der Waals surface area contributed by atoms with E-state index in [1.807, 2.05) is 30.3 Å². The SMILES string of the molecule is CCCCc1ccc(C(=O)CSc2nc3ccc(OC)cc3[nH]2)cc1. The van der Waals surface area contributed by atoms with Crippen LogP contribution in [0.3, 0.4) is 0 Å². The number of aromatic amines is 1. The zero-order valence-electron chi connectivity index (χ0n) is 14.5. The highest BCUT2D eigenvalue weighted by atomic mass is 32.2. The van der Waals surface area contributed by atoms with E-state index in [-0.39, 0.29) is 5.78 Å². The van der Waals surface area contributed by atoms with Crippen molar-refractivity contribution in [3.05, 3.63) is 53.6 Å². The summed E-state index contributed by atoms with van der Waals surface area (Å²) in [5.41, 5.74) is 3.83. The molecule has 1 heterocycles. The molecule has 3 rings (SSSR count). The summed E-state index contributed by atoms with van der Waals surface area (Å²) in [6.45, 7) is 2.18. The number of aryl methyl sites for hydroxylation is 1. The summed E-state index contributed by atoms with van der Waals surface area (Å²) in [5.74, 6) is 1.27. The molecule has 0 bridgehead atoms. The molecule has 1 aromatic heterocycles. The summed E-state index contributed by atoms with van der Waals surface area (Å²) >= 11 is 1.42. The zero-order chi connectivity index (χ0) is 17.6. The van der Waals surface area contributed by atoms with Crippen LogP contribution < -0.4 is 4.74 Å². The predicted molar refractivity (Wildman–Crippen MR) is 103 cm³/mol. The molecule has 0 spiro atoms. The molecule has 0 radical (unpaired) electrons. The molecule has 4 nitrogen and oxygen atoms in total. The van der Waals surface area contributed by atoms with E-state index in [2.05, 4.69) is 29.0 Å². The van der Waals surface area contributed by atoms with E-state index < -0.39 is 0 Å². The normalized spacial score (nSPS) is 11.0. The number of fused-ring (bicyclic) bond motifs is 1. The number of ether oxygens (including phenoxy) is 1. The van der Waals surface area contributed by atoms with Gasteiger partial charge in [0.2, 0.25) is 0 Å². The number of H-pyrrole nitrogens is 1. The molecule has 0 aliphatic rings. The molecule has 0 aliphatic carbocycles. The second kappa shape index (κ2) is 8.21. The summed E-state index contributed by atoms with van der Waals surface area (Å²) in [4.78, 5) is 20.1. The van der Waals surface area contributed by atoms with Crippen LogP contribution in [-0.2, 0) is 6.42 Å². The van der Waals surface area contributed by atoms with Crippen molar-refractivity contribution in [2.24, 2.45) is 0 Å². The Bertz CT molecular complexity index is 856. The number of hydrogen-bond acceptors (Lipinski definition) is 4. The first-order chi connectivity index (χ1) is 12.2. The van der Waals surface area contributed by atoms with Gasteiger partial charge in [0, 0.05) is 11.6 Å². The number of aromatic nitrogens is 2. The van der Waals surface area contributed by atoms with Gasteiger partial charge in [-0.15, -0.1) is 0 Å². The molecule has 25 heavy (non-hydrogen) atoms. The van der Waals surface area contributed by atoms with Crippen LogP contribution in [0.2, 0.25) is 0 Å². The number of nitrogens with zero attached hydrogens (tertiary/aromatic N) is 1. The van der Waals surface area contributed by atoms with Gasteiger partial charge in [-0.05, 0) is 30.5 Å². The highest BCUT2D eigenvalue weighted by molar-refractivity contribution is 7.99. The van der Waals surface area contributed by atoms with E-state index in [0.717, 1.165) is 33.9 Å². The Morgan fingerprint density at radius 3 is 2.72 bits per heavy atom. The summed E-state index contributed by atoms with van der Waals surface area (Å²) in [6.07, 6.45) is 3.43. The molecule has 5 heteroatoms. The van der Waals surface area contributed by atoms with Crippen LogP contribution in [0.1, 0.15) is 35.7 Å². The van der Waals surface area contributed by atoms with Crippen molar-refractivity contribution in [1.29, 1.82) is 0 Å². The van der Waals surface area contributed by atoms with Gasteiger partial charge in [0.05, 0.1) is 23.9 Å². The average molecular weight is 354 g/mol. The second-order valence-corrected chi connectivity index (χ2v) is 6.90. The number of benzene rings is 2. The summed E-state index contributed by atoms with van der Waals surface area (Å²) < 4.78 is 5.21. The van der Waals surface area contributed by atoms with Crippen LogP contribution in [0.5, 0.6) is 5.75 Å². The van der Waals surface area contributed by atoms with Crippen LogP contribution >= 0.6 is 11.8 Å². The first-order valence-electron chi connectivity index (χ1n) is 8.48. The van der Waals surface area contributed by atoms with E-state index in [0.29, 0.717) is 5.75 Å². The summed E-state index contributed by atoms with van der Waals surface area (Å²) in [5, 5.41) is 0.746. The molecule has 2 aromatic carbocycles. The molecule has 0 unspecified atom stereocenters. The highest BCUT2D eigenvalue weighted by Gasteiger charge is 2.10. The Kier molecular flexibility index (Phi) is 5.76. The van der Waals surface area contributed by atoms with E-state index in [1.165, 1.54) is 30.2 Å². The monoisotopic (exact) mass is 354 g/mol. The maximum absolute atomic E-state index is 12.4. The minimum absolute atomic E-state index is 0.116. The van der Waals surface area contributed by atoms with E-state index in [1.54, 1.807) is 7.11 Å². The number of rotatable bonds is 8. The molecule has 0 saturated heterocycles. The Hall–Kier alpha value is -2.27. The van der Waals surface area contributed by atoms with Crippen molar-refractivity contribution >= 4 is 28.6 Å². The summed E-state index contributed by atoms with van der Waals surface area (Å²) in [6, 6.07) is 13.7. The van der Waals surface area contributed by atoms with Crippen LogP contribution in [0.25, 0.3) is 11.0 Å². The molecule has 0 atom stereocenters. The zero-order valence-corrected chi connectivity index (χ0v) is 15.4. The van der Waals surface area contributed by atoms with Gasteiger partial charge in [-0.3, -0.25) is 4.79 Å². The van der Waals surface area contributed by atoms with Gasteiger partial charge in [-0.25, -0.2) is 4.98 Å². The van der Waals surface area contributed by atoms with E-state index in [4.69, 9.17) is 4.74 Å². The van der Waals surface area contributed by atoms with Crippen molar-refractivity contribution in [2.75, 3.05) is 12.9 Å². The van der Waals surface area contributed by atoms with Gasteiger partial charge in [0.15, 0.2) is 10.9 Å². The lowest BCUT2D eigenvalue weighted by molar-refractivity contribution is 0.102. The van der Waals surface area contributed by atoms with Gasteiger partial charge in [0.25, 0.3) is 0 Å². The number of methoxy groups -OCH3 is 1. The number of ketones is 1. The molecule has 1 N–H and O–H groups in total. The fraction of sp³-hybridized carbons (Fsp3) is 0.300. The van der Waals surface area contributed by atoms with Crippen molar-refractivity contribution in [1.82, 2.24) is 9.97 Å². The smallest absolute Gasteiger partial charge is 0.173 e. The lowest BCUT2D eigenvalue weighted by atomic mass is 10.1. The predicted octanol–water partition coefficient (Wildman–Crippen LogP) is 4.89. The first-order valence-corrected chi connectivity index (χ1v) is 9.47. The van der Waals surface area contributed by atoms with Crippen LogP contribution in [0, 0.1) is 0 Å². The quantitative estimate of drug-likeness (QED) is 0.462. The fourth-order valence-corrected chi connectivity index (χ4v) is 3.40. The van der Waals surface area contributed by atoms with Gasteiger partial charge in [-0.2, -0.15) is 0 Å². The molecule has 130 valence electrons. The lowest BCUT2D eigenvalue weighted by Crippen LogP contribution is -2.02. The van der Waals surface area contributed by atoms with Gasteiger partial charge in [-0.1, -0.05) is 49.4 Å². The fourth-order valence-electron chi connectivity index (χ4n) is 2.62. The maximum Gasteiger partial charge on any atom is 0.173 e. The molecule has 0 fully saturated rings.